The van der Waals surface area contributed by atoms with Gasteiger partial charge < -0.3 is 20.7 Å². The number of nitrogens with two attached hydrogens (primary N) is 1. The lowest BCUT2D eigenvalue weighted by Gasteiger charge is -2.27. The monoisotopic (exact) mass is 275 g/mol. The van der Waals surface area contributed by atoms with E-state index in [1.807, 2.05) is 30.3 Å². The molecule has 0 spiro atoms. The van der Waals surface area contributed by atoms with Gasteiger partial charge in [-0.2, -0.15) is 0 Å². The van der Waals surface area contributed by atoms with Crippen LogP contribution in [0.4, 0.5) is 4.79 Å². The number of nitrogens with zero attached hydrogens (tertiary/aromatic N) is 1. The van der Waals surface area contributed by atoms with Crippen LogP contribution < -0.4 is 11.1 Å². The van der Waals surface area contributed by atoms with Crippen molar-refractivity contribution < 1.29 is 14.3 Å². The summed E-state index contributed by atoms with van der Waals surface area (Å²) in [6, 6.07) is 9.17. The highest BCUT2D eigenvalue weighted by Crippen LogP contribution is 2.31. The van der Waals surface area contributed by atoms with E-state index in [0.717, 1.165) is 5.56 Å². The molecule has 106 valence electrons. The molecule has 0 saturated carbocycles. The van der Waals surface area contributed by atoms with Gasteiger partial charge in [-0.3, -0.25) is 4.79 Å². The second-order valence-electron chi connectivity index (χ2n) is 5.29. The number of hydrogen-bond acceptors (Lipinski definition) is 4. The van der Waals surface area contributed by atoms with Crippen LogP contribution in [-0.2, 0) is 16.1 Å². The first-order valence-corrected chi connectivity index (χ1v) is 6.66. The van der Waals surface area contributed by atoms with Crippen LogP contribution in [0.1, 0.15) is 18.4 Å². The minimum atomic E-state index is -0.789. The molecule has 3 N–H and O–H groups in total. The zero-order chi connectivity index (χ0) is 14.2. The molecule has 0 radical (unpaired) electrons. The van der Waals surface area contributed by atoms with Gasteiger partial charge in [-0.1, -0.05) is 30.3 Å². The van der Waals surface area contributed by atoms with Crippen LogP contribution in [0, 0.1) is 0 Å². The number of likely N-dealkylation sites (tertiary alicyclic amines) is 1. The molecule has 3 rings (SSSR count). The molecule has 2 saturated heterocycles. The van der Waals surface area contributed by atoms with E-state index in [1.54, 1.807) is 4.90 Å². The third-order valence-electron chi connectivity index (χ3n) is 3.93. The molecule has 6 heteroatoms. The Morgan fingerprint density at radius 2 is 2.20 bits per heavy atom. The van der Waals surface area contributed by atoms with Crippen molar-refractivity contribution in [1.82, 2.24) is 10.2 Å². The summed E-state index contributed by atoms with van der Waals surface area (Å²) in [6.45, 7) is 0.733. The molecule has 0 bridgehead atoms. The normalized spacial score (nSPS) is 28.1. The predicted molar refractivity (Wildman–Crippen MR) is 71.4 cm³/mol. The first-order valence-electron chi connectivity index (χ1n) is 6.66. The smallest absolute Gasteiger partial charge is 0.410 e. The molecule has 6 nitrogen and oxygen atoms in total. The highest BCUT2D eigenvalue weighted by atomic mass is 16.6. The quantitative estimate of drug-likeness (QED) is 0.826. The van der Waals surface area contributed by atoms with Gasteiger partial charge in [0.2, 0.25) is 5.91 Å². The predicted octanol–water partition coefficient (Wildman–Crippen LogP) is 0.572. The maximum Gasteiger partial charge on any atom is 0.410 e. The van der Waals surface area contributed by atoms with E-state index in [1.165, 1.54) is 0 Å². The standard InChI is InChI=1S/C14H17N3O3/c15-14-6-7-17(11(14)8-12(18)16-14)13(19)20-9-10-4-2-1-3-5-10/h1-5,11H,6-9,15H2,(H,16,18)/t11-,14+/m0/s1. The van der Waals surface area contributed by atoms with Crippen molar-refractivity contribution in [3.05, 3.63) is 35.9 Å². The number of amides is 2. The minimum absolute atomic E-state index is 0.113. The molecule has 2 heterocycles. The maximum absolute atomic E-state index is 12.1. The van der Waals surface area contributed by atoms with Crippen LogP contribution in [0.2, 0.25) is 0 Å². The van der Waals surface area contributed by atoms with E-state index >= 15 is 0 Å². The molecule has 0 aromatic heterocycles. The van der Waals surface area contributed by atoms with Crippen molar-refractivity contribution in [2.45, 2.75) is 31.2 Å². The molecule has 2 amide bonds. The van der Waals surface area contributed by atoms with E-state index in [4.69, 9.17) is 10.5 Å². The van der Waals surface area contributed by atoms with Gasteiger partial charge in [0.15, 0.2) is 0 Å². The van der Waals surface area contributed by atoms with Crippen molar-refractivity contribution in [1.29, 1.82) is 0 Å². The Bertz CT molecular complexity index is 534. The van der Waals surface area contributed by atoms with E-state index in [-0.39, 0.29) is 25.0 Å². The molecule has 2 fully saturated rings. The molecule has 0 aliphatic carbocycles. The lowest BCUT2D eigenvalue weighted by Crippen LogP contribution is -2.56. The number of carbonyl (C=O) groups excluding carboxylic acids is 2. The Morgan fingerprint density at radius 1 is 1.45 bits per heavy atom. The van der Waals surface area contributed by atoms with Crippen LogP contribution >= 0.6 is 0 Å². The molecular formula is C14H17N3O3. The van der Waals surface area contributed by atoms with Gasteiger partial charge in [0.05, 0.1) is 12.5 Å². The van der Waals surface area contributed by atoms with E-state index in [0.29, 0.717) is 13.0 Å². The van der Waals surface area contributed by atoms with E-state index in [9.17, 15) is 9.59 Å². The lowest BCUT2D eigenvalue weighted by molar-refractivity contribution is -0.120. The van der Waals surface area contributed by atoms with Crippen LogP contribution in [0.25, 0.3) is 0 Å². The van der Waals surface area contributed by atoms with E-state index < -0.39 is 11.8 Å². The zero-order valence-corrected chi connectivity index (χ0v) is 11.0. The molecule has 20 heavy (non-hydrogen) atoms. The topological polar surface area (TPSA) is 84.7 Å². The lowest BCUT2D eigenvalue weighted by atomic mass is 10.0. The van der Waals surface area contributed by atoms with Crippen molar-refractivity contribution in [3.63, 3.8) is 0 Å². The number of carbonyl (C=O) groups is 2. The number of nitrogens with one attached hydrogen (secondary N) is 1. The third kappa shape index (κ3) is 2.22. The van der Waals surface area contributed by atoms with Crippen molar-refractivity contribution in [2.75, 3.05) is 6.54 Å². The van der Waals surface area contributed by atoms with Crippen molar-refractivity contribution >= 4 is 12.0 Å². The van der Waals surface area contributed by atoms with Crippen molar-refractivity contribution in [2.24, 2.45) is 5.73 Å². The average Bonchev–Trinajstić information content (AvgIpc) is 2.89. The number of benzene rings is 1. The second kappa shape index (κ2) is 4.79. The van der Waals surface area contributed by atoms with Crippen LogP contribution in [0.5, 0.6) is 0 Å². The van der Waals surface area contributed by atoms with Gasteiger partial charge >= 0.3 is 6.09 Å². The Balaban J connectivity index is 1.62. The van der Waals surface area contributed by atoms with Crippen LogP contribution in [0.3, 0.4) is 0 Å². The summed E-state index contributed by atoms with van der Waals surface area (Å²) in [5, 5.41) is 2.74. The molecule has 0 unspecified atom stereocenters. The zero-order valence-electron chi connectivity index (χ0n) is 11.0. The average molecular weight is 275 g/mol. The van der Waals surface area contributed by atoms with Gasteiger partial charge in [-0.05, 0) is 5.56 Å². The fraction of sp³-hybridized carbons (Fsp3) is 0.429. The summed E-state index contributed by atoms with van der Waals surface area (Å²) in [4.78, 5) is 25.1. The Hall–Kier alpha value is -2.08. The Morgan fingerprint density at radius 3 is 2.95 bits per heavy atom. The summed E-state index contributed by atoms with van der Waals surface area (Å²) in [5.41, 5.74) is 6.25. The fourth-order valence-corrected chi connectivity index (χ4v) is 2.85. The summed E-state index contributed by atoms with van der Waals surface area (Å²) in [5.74, 6) is -0.113. The second-order valence-corrected chi connectivity index (χ2v) is 5.29. The molecule has 2 aliphatic heterocycles. The maximum atomic E-state index is 12.1. The molecule has 1 aromatic rings. The summed E-state index contributed by atoms with van der Waals surface area (Å²) < 4.78 is 5.29. The fourth-order valence-electron chi connectivity index (χ4n) is 2.85. The van der Waals surface area contributed by atoms with E-state index in [2.05, 4.69) is 5.32 Å². The summed E-state index contributed by atoms with van der Waals surface area (Å²) in [6.07, 6.45) is 0.392. The van der Waals surface area contributed by atoms with Crippen molar-refractivity contribution in [3.8, 4) is 0 Å². The van der Waals surface area contributed by atoms with Gasteiger partial charge in [0.25, 0.3) is 0 Å². The highest BCUT2D eigenvalue weighted by molar-refractivity contribution is 5.82. The van der Waals surface area contributed by atoms with Gasteiger partial charge in [-0.25, -0.2) is 4.79 Å². The SMILES string of the molecule is N[C@@]12CCN(C(=O)OCc3ccccc3)[C@H]1CC(=O)N2. The first kappa shape index (κ1) is 12.9. The molecular weight excluding hydrogens is 258 g/mol. The van der Waals surface area contributed by atoms with Crippen LogP contribution in [0.15, 0.2) is 30.3 Å². The Kier molecular flexibility index (Phi) is 3.10. The number of hydrogen-bond donors (Lipinski definition) is 2. The molecule has 2 atom stereocenters. The summed E-state index contributed by atoms with van der Waals surface area (Å²) >= 11 is 0. The Labute approximate surface area is 116 Å². The molecule has 1 aromatic carbocycles. The van der Waals surface area contributed by atoms with Gasteiger partial charge in [0.1, 0.15) is 12.3 Å². The third-order valence-corrected chi connectivity index (χ3v) is 3.93. The largest absolute Gasteiger partial charge is 0.445 e. The summed E-state index contributed by atoms with van der Waals surface area (Å²) in [7, 11) is 0. The van der Waals surface area contributed by atoms with Gasteiger partial charge in [0, 0.05) is 13.0 Å². The molecule has 2 aliphatic rings. The highest BCUT2D eigenvalue weighted by Gasteiger charge is 2.53. The minimum Gasteiger partial charge on any atom is -0.445 e. The number of ether oxygens (including phenoxy) is 1. The number of fused-ring (bicyclic) bond motifs is 1. The first-order chi connectivity index (χ1) is 9.58. The van der Waals surface area contributed by atoms with Crippen LogP contribution in [-0.4, -0.2) is 35.1 Å². The van der Waals surface area contributed by atoms with Gasteiger partial charge in [-0.15, -0.1) is 0 Å². The number of rotatable bonds is 2.